The van der Waals surface area contributed by atoms with E-state index >= 15 is 0 Å². The minimum Gasteiger partial charge on any atom is -0.456 e. The highest BCUT2D eigenvalue weighted by Crippen LogP contribution is 2.44. The Kier molecular flexibility index (Phi) is 8.32. The topological polar surface area (TPSA) is 47.7 Å². The quantitative estimate of drug-likeness (QED) is 0.164. The van der Waals surface area contributed by atoms with Crippen LogP contribution in [0.4, 0.5) is 0 Å². The monoisotopic (exact) mass is 858 g/mol. The summed E-state index contributed by atoms with van der Waals surface area (Å²) >= 11 is 0. The van der Waals surface area contributed by atoms with Crippen LogP contribution < -0.4 is 0 Å². The number of nitrogens with zero attached hydrogens (tertiary/aromatic N) is 4. The molecule has 67 heavy (non-hydrogen) atoms. The standard InChI is InChI=1S/C62H42N4O/c1-2-44-60(41-31-32-48-46-24-10-13-28-52(46)65(54(48)35-41)43-21-4-3-5-22-43)63-62(64-61(44)49-27-16-20-38-17-8-9-23-45(38)49)42-36-56(59-50-26-12-15-30-57(50)67-58(59)37-42)66-53-29-14-11-25-47(53)51-33-39-18-6-7-19-40(39)34-55(51)66/h3-37,44,60H,2H2,1H3. The van der Waals surface area contributed by atoms with Gasteiger partial charge in [0.1, 0.15) is 11.2 Å². The van der Waals surface area contributed by atoms with Gasteiger partial charge in [-0.15, -0.1) is 0 Å². The molecule has 14 rings (SSSR count). The predicted octanol–water partition coefficient (Wildman–Crippen LogP) is 16.1. The number of furan rings is 1. The number of aromatic nitrogens is 2. The van der Waals surface area contributed by atoms with Gasteiger partial charge in [0.2, 0.25) is 0 Å². The molecule has 1 aliphatic rings. The molecule has 0 aliphatic carbocycles. The normalized spacial score (nSPS) is 15.5. The Morgan fingerprint density at radius 2 is 1.09 bits per heavy atom. The van der Waals surface area contributed by atoms with Crippen LogP contribution in [0, 0.1) is 5.92 Å². The van der Waals surface area contributed by atoms with E-state index < -0.39 is 0 Å². The number of aliphatic imine (C=N–C) groups is 2. The molecule has 0 radical (unpaired) electrons. The van der Waals surface area contributed by atoms with Crippen molar-refractivity contribution in [2.45, 2.75) is 19.4 Å². The first-order valence-corrected chi connectivity index (χ1v) is 23.3. The van der Waals surface area contributed by atoms with Crippen LogP contribution in [0.2, 0.25) is 0 Å². The molecule has 2 unspecified atom stereocenters. The summed E-state index contributed by atoms with van der Waals surface area (Å²) < 4.78 is 11.7. The molecule has 316 valence electrons. The third-order valence-electron chi connectivity index (χ3n) is 14.3. The van der Waals surface area contributed by atoms with E-state index in [-0.39, 0.29) is 12.0 Å². The summed E-state index contributed by atoms with van der Waals surface area (Å²) in [5.41, 5.74) is 12.7. The molecule has 0 saturated heterocycles. The van der Waals surface area contributed by atoms with Gasteiger partial charge in [0.25, 0.3) is 0 Å². The number of benzene rings is 10. The fourth-order valence-electron chi connectivity index (χ4n) is 11.2. The van der Waals surface area contributed by atoms with Crippen molar-refractivity contribution in [3.05, 3.63) is 229 Å². The average Bonchev–Trinajstić information content (AvgIpc) is 4.04. The SMILES string of the molecule is CCC1C(c2cccc3ccccc23)=NC(c2cc(-n3c4ccccc4c4cc5ccccc5cc43)c3c(c2)oc2ccccc23)=NC1c1ccc2c3ccccc3n(-c3ccccc3)c2c1. The number of fused-ring (bicyclic) bond motifs is 11. The van der Waals surface area contributed by atoms with Gasteiger partial charge in [-0.25, -0.2) is 4.99 Å². The smallest absolute Gasteiger partial charge is 0.155 e. The van der Waals surface area contributed by atoms with Gasteiger partial charge >= 0.3 is 0 Å². The van der Waals surface area contributed by atoms with E-state index in [0.717, 1.165) is 78.7 Å². The number of para-hydroxylation sites is 4. The summed E-state index contributed by atoms with van der Waals surface area (Å²) in [4.78, 5) is 11.5. The molecule has 1 aliphatic heterocycles. The summed E-state index contributed by atoms with van der Waals surface area (Å²) in [6.45, 7) is 2.28. The van der Waals surface area contributed by atoms with Gasteiger partial charge in [-0.1, -0.05) is 159 Å². The van der Waals surface area contributed by atoms with Crippen molar-refractivity contribution in [2.24, 2.45) is 15.9 Å². The number of amidine groups is 1. The maximum absolute atomic E-state index is 6.85. The van der Waals surface area contributed by atoms with Crippen LogP contribution in [0.1, 0.15) is 36.1 Å². The van der Waals surface area contributed by atoms with Gasteiger partial charge < -0.3 is 13.6 Å². The molecule has 0 saturated carbocycles. The molecule has 13 aromatic rings. The van der Waals surface area contributed by atoms with Gasteiger partial charge in [-0.2, -0.15) is 0 Å². The second kappa shape index (κ2) is 14.7. The van der Waals surface area contributed by atoms with Crippen molar-refractivity contribution in [1.82, 2.24) is 9.13 Å². The van der Waals surface area contributed by atoms with Crippen LogP contribution in [-0.4, -0.2) is 20.7 Å². The van der Waals surface area contributed by atoms with Crippen molar-refractivity contribution < 1.29 is 4.42 Å². The van der Waals surface area contributed by atoms with Crippen molar-refractivity contribution >= 4 is 98.6 Å². The minimum atomic E-state index is -0.229. The largest absolute Gasteiger partial charge is 0.456 e. The van der Waals surface area contributed by atoms with E-state index in [0.29, 0.717) is 5.84 Å². The molecule has 0 bridgehead atoms. The third-order valence-corrected chi connectivity index (χ3v) is 14.3. The maximum Gasteiger partial charge on any atom is 0.155 e. The Labute approximate surface area is 386 Å². The van der Waals surface area contributed by atoms with Crippen molar-refractivity contribution in [3.8, 4) is 11.4 Å². The predicted molar refractivity (Wildman–Crippen MR) is 280 cm³/mol. The van der Waals surface area contributed by atoms with Gasteiger partial charge in [-0.05, 0) is 94.2 Å². The Morgan fingerprint density at radius 1 is 0.463 bits per heavy atom. The zero-order chi connectivity index (χ0) is 44.2. The maximum atomic E-state index is 6.85. The number of hydrogen-bond acceptors (Lipinski definition) is 3. The van der Waals surface area contributed by atoms with Gasteiger partial charge in [0.05, 0.1) is 44.9 Å². The minimum absolute atomic E-state index is 0.00146. The summed E-state index contributed by atoms with van der Waals surface area (Å²) in [6, 6.07) is 76.5. The molecule has 3 aromatic heterocycles. The van der Waals surface area contributed by atoms with Crippen LogP contribution in [-0.2, 0) is 0 Å². The Hall–Kier alpha value is -8.54. The molecule has 0 spiro atoms. The highest BCUT2D eigenvalue weighted by molar-refractivity contribution is 6.22. The van der Waals surface area contributed by atoms with Crippen molar-refractivity contribution in [2.75, 3.05) is 0 Å². The fourth-order valence-corrected chi connectivity index (χ4v) is 11.2. The molecule has 10 aromatic carbocycles. The van der Waals surface area contributed by atoms with E-state index in [1.54, 1.807) is 0 Å². The zero-order valence-electron chi connectivity index (χ0n) is 36.8. The Bertz CT molecular complexity index is 4220. The molecule has 5 nitrogen and oxygen atoms in total. The Balaban J connectivity index is 1.06. The lowest BCUT2D eigenvalue weighted by Crippen LogP contribution is -2.28. The van der Waals surface area contributed by atoms with Crippen LogP contribution in [0.25, 0.3) is 98.5 Å². The number of hydrogen-bond donors (Lipinski definition) is 0. The van der Waals surface area contributed by atoms with Gasteiger partial charge in [0.15, 0.2) is 5.84 Å². The number of rotatable bonds is 6. The highest BCUT2D eigenvalue weighted by atomic mass is 16.3. The lowest BCUT2D eigenvalue weighted by molar-refractivity contribution is 0.533. The average molecular weight is 859 g/mol. The molecule has 0 fully saturated rings. The summed E-state index contributed by atoms with van der Waals surface area (Å²) in [7, 11) is 0. The van der Waals surface area contributed by atoms with Gasteiger partial charge in [-0.3, -0.25) is 4.99 Å². The molecule has 5 heteroatoms. The van der Waals surface area contributed by atoms with Crippen molar-refractivity contribution in [3.63, 3.8) is 0 Å². The molecule has 2 atom stereocenters. The Morgan fingerprint density at radius 3 is 1.90 bits per heavy atom. The van der Waals surface area contributed by atoms with Crippen LogP contribution in [0.5, 0.6) is 0 Å². The molecular formula is C62H42N4O. The van der Waals surface area contributed by atoms with E-state index in [4.69, 9.17) is 14.4 Å². The van der Waals surface area contributed by atoms with Gasteiger partial charge in [0, 0.05) is 49.7 Å². The van der Waals surface area contributed by atoms with Crippen LogP contribution >= 0.6 is 0 Å². The summed E-state index contributed by atoms with van der Waals surface area (Å²) in [6.07, 6.45) is 0.854. The van der Waals surface area contributed by atoms with Crippen LogP contribution in [0.3, 0.4) is 0 Å². The first-order chi connectivity index (χ1) is 33.2. The summed E-state index contributed by atoms with van der Waals surface area (Å²) in [5, 5.41) is 11.8. The first-order valence-electron chi connectivity index (χ1n) is 23.3. The lowest BCUT2D eigenvalue weighted by atomic mass is 9.81. The van der Waals surface area contributed by atoms with Crippen molar-refractivity contribution in [1.29, 1.82) is 0 Å². The lowest BCUT2D eigenvalue weighted by Gasteiger charge is -2.30. The molecule has 0 N–H and O–H groups in total. The summed E-state index contributed by atoms with van der Waals surface area (Å²) in [5.74, 6) is 0.692. The second-order valence-corrected chi connectivity index (χ2v) is 17.9. The third kappa shape index (κ3) is 5.74. The van der Waals surface area contributed by atoms with E-state index in [2.05, 4.69) is 222 Å². The van der Waals surface area contributed by atoms with E-state index in [1.807, 2.05) is 6.07 Å². The van der Waals surface area contributed by atoms with Crippen LogP contribution in [0.15, 0.2) is 227 Å². The first kappa shape index (κ1) is 37.8. The fraction of sp³-hybridized carbons (Fsp3) is 0.0645. The highest BCUT2D eigenvalue weighted by Gasteiger charge is 2.34. The van der Waals surface area contributed by atoms with E-state index in [9.17, 15) is 0 Å². The molecule has 4 heterocycles. The molecular weight excluding hydrogens is 817 g/mol. The molecule has 0 amide bonds. The second-order valence-electron chi connectivity index (χ2n) is 17.9. The van der Waals surface area contributed by atoms with E-state index in [1.165, 1.54) is 48.6 Å². The zero-order valence-corrected chi connectivity index (χ0v) is 36.8.